The zero-order chi connectivity index (χ0) is 16.4. The summed E-state index contributed by atoms with van der Waals surface area (Å²) in [5, 5.41) is 7.80. The fourth-order valence-electron chi connectivity index (χ4n) is 4.11. The summed E-state index contributed by atoms with van der Waals surface area (Å²) in [4.78, 5) is 24.8. The summed E-state index contributed by atoms with van der Waals surface area (Å²) >= 11 is 0. The quantitative estimate of drug-likeness (QED) is 0.338. The highest BCUT2D eigenvalue weighted by Crippen LogP contribution is 2.39. The van der Waals surface area contributed by atoms with Crippen LogP contribution in [0, 0.1) is 0 Å². The lowest BCUT2D eigenvalue weighted by atomic mass is 9.88. The first-order valence-electron chi connectivity index (χ1n) is 8.19. The van der Waals surface area contributed by atoms with Crippen LogP contribution in [0.3, 0.4) is 0 Å². The van der Waals surface area contributed by atoms with Crippen LogP contribution >= 0.6 is 0 Å². The molecule has 5 aromatic carbocycles. The van der Waals surface area contributed by atoms with Crippen molar-refractivity contribution in [1.29, 1.82) is 0 Å². The molecule has 0 saturated heterocycles. The maximum absolute atomic E-state index is 12.6. The van der Waals surface area contributed by atoms with Crippen molar-refractivity contribution in [3.8, 4) is 0 Å². The second-order valence-electron chi connectivity index (χ2n) is 6.33. The second kappa shape index (κ2) is 4.51. The Balaban J connectivity index is 2.27. The highest BCUT2D eigenvalue weighted by Gasteiger charge is 2.16. The molecule has 0 aliphatic heterocycles. The number of rotatable bonds is 1. The maximum atomic E-state index is 12.6. The van der Waals surface area contributed by atoms with Crippen LogP contribution in [0.25, 0.3) is 43.1 Å². The van der Waals surface area contributed by atoms with Crippen LogP contribution in [0.15, 0.2) is 64.2 Å². The monoisotopic (exact) mass is 310 g/mol. The molecule has 24 heavy (non-hydrogen) atoms. The van der Waals surface area contributed by atoms with Crippen LogP contribution in [0.4, 0.5) is 0 Å². The Labute approximate surface area is 137 Å². The van der Waals surface area contributed by atoms with Gasteiger partial charge in [-0.2, -0.15) is 0 Å². The standard InChI is InChI=1S/C22H14O2/c1-2-12-6-7-15-14-8-10-18(23)17-5-3-4-13(21(14)17)16-9-11-19(24)20(12)22(15)16/h3-11H,2H2,1H3. The zero-order valence-corrected chi connectivity index (χ0v) is 13.2. The van der Waals surface area contributed by atoms with E-state index in [4.69, 9.17) is 0 Å². The van der Waals surface area contributed by atoms with Crippen molar-refractivity contribution < 1.29 is 0 Å². The van der Waals surface area contributed by atoms with Gasteiger partial charge in [-0.15, -0.1) is 0 Å². The summed E-state index contributed by atoms with van der Waals surface area (Å²) in [7, 11) is 0. The van der Waals surface area contributed by atoms with Crippen molar-refractivity contribution in [2.75, 3.05) is 0 Å². The van der Waals surface area contributed by atoms with E-state index >= 15 is 0 Å². The highest BCUT2D eigenvalue weighted by molar-refractivity contribution is 6.33. The fourth-order valence-corrected chi connectivity index (χ4v) is 4.11. The van der Waals surface area contributed by atoms with Gasteiger partial charge in [-0.3, -0.25) is 9.59 Å². The third kappa shape index (κ3) is 1.50. The van der Waals surface area contributed by atoms with Crippen molar-refractivity contribution in [3.05, 3.63) is 80.6 Å². The average molecular weight is 310 g/mol. The van der Waals surface area contributed by atoms with Crippen molar-refractivity contribution in [3.63, 3.8) is 0 Å². The molecule has 5 rings (SSSR count). The van der Waals surface area contributed by atoms with Crippen molar-refractivity contribution in [2.24, 2.45) is 0 Å². The third-order valence-electron chi connectivity index (χ3n) is 5.17. The van der Waals surface area contributed by atoms with Crippen LogP contribution in [0.1, 0.15) is 12.5 Å². The highest BCUT2D eigenvalue weighted by atomic mass is 16.1. The molecule has 0 aromatic heterocycles. The molecule has 2 heteroatoms. The fraction of sp³-hybridized carbons (Fsp3) is 0.0909. The van der Waals surface area contributed by atoms with Gasteiger partial charge in [0.05, 0.1) is 0 Å². The van der Waals surface area contributed by atoms with E-state index in [0.717, 1.165) is 55.1 Å². The minimum Gasteiger partial charge on any atom is -0.289 e. The first kappa shape index (κ1) is 13.4. The average Bonchev–Trinajstić information content (AvgIpc) is 2.62. The Kier molecular flexibility index (Phi) is 2.53. The summed E-state index contributed by atoms with van der Waals surface area (Å²) < 4.78 is 0. The van der Waals surface area contributed by atoms with E-state index in [1.807, 2.05) is 36.4 Å². The van der Waals surface area contributed by atoms with E-state index in [0.29, 0.717) is 0 Å². The van der Waals surface area contributed by atoms with E-state index in [9.17, 15) is 9.59 Å². The van der Waals surface area contributed by atoms with Gasteiger partial charge in [0.1, 0.15) is 0 Å². The Hall–Kier alpha value is -3.00. The predicted octanol–water partition coefficient (Wildman–Crippen LogP) is 4.46. The molecular weight excluding hydrogens is 296 g/mol. The molecule has 0 saturated carbocycles. The summed E-state index contributed by atoms with van der Waals surface area (Å²) in [6.07, 6.45) is 0.825. The van der Waals surface area contributed by atoms with Gasteiger partial charge in [-0.25, -0.2) is 0 Å². The van der Waals surface area contributed by atoms with Gasteiger partial charge >= 0.3 is 0 Å². The number of aryl methyl sites for hydroxylation is 1. The van der Waals surface area contributed by atoms with Gasteiger partial charge in [-0.05, 0) is 57.8 Å². The smallest absolute Gasteiger partial charge is 0.186 e. The van der Waals surface area contributed by atoms with Crippen LogP contribution < -0.4 is 10.9 Å². The molecular formula is C22H14O2. The van der Waals surface area contributed by atoms with Crippen molar-refractivity contribution >= 4 is 43.1 Å². The molecule has 0 fully saturated rings. The molecule has 0 heterocycles. The van der Waals surface area contributed by atoms with Crippen LogP contribution in [-0.2, 0) is 6.42 Å². The predicted molar refractivity (Wildman–Crippen MR) is 101 cm³/mol. The van der Waals surface area contributed by atoms with Crippen molar-refractivity contribution in [1.82, 2.24) is 0 Å². The van der Waals surface area contributed by atoms with Crippen molar-refractivity contribution in [2.45, 2.75) is 13.3 Å². The van der Waals surface area contributed by atoms with Gasteiger partial charge in [-0.1, -0.05) is 37.3 Å². The lowest BCUT2D eigenvalue weighted by molar-refractivity contribution is 1.16. The van der Waals surface area contributed by atoms with Crippen LogP contribution in [0.5, 0.6) is 0 Å². The molecule has 0 bridgehead atoms. The third-order valence-corrected chi connectivity index (χ3v) is 5.17. The molecule has 5 aromatic rings. The normalized spacial score (nSPS) is 12.0. The number of hydrogen-bond donors (Lipinski definition) is 0. The van der Waals surface area contributed by atoms with Crippen LogP contribution in [0.2, 0.25) is 0 Å². The Bertz CT molecular complexity index is 1350. The van der Waals surface area contributed by atoms with Crippen LogP contribution in [-0.4, -0.2) is 0 Å². The van der Waals surface area contributed by atoms with E-state index in [2.05, 4.69) is 13.0 Å². The second-order valence-corrected chi connectivity index (χ2v) is 6.33. The molecule has 0 spiro atoms. The summed E-state index contributed by atoms with van der Waals surface area (Å²) in [6, 6.07) is 17.1. The maximum Gasteiger partial charge on any atom is 0.186 e. The van der Waals surface area contributed by atoms with E-state index in [-0.39, 0.29) is 10.9 Å². The molecule has 0 amide bonds. The van der Waals surface area contributed by atoms with Gasteiger partial charge < -0.3 is 0 Å². The SMILES string of the molecule is CCc1ccc2c3ccc(=O)c4cccc(c5ccc(=O)c1c25)c43. The molecule has 0 radical (unpaired) electrons. The Morgan fingerprint density at radius 1 is 0.583 bits per heavy atom. The molecule has 0 N–H and O–H groups in total. The lowest BCUT2D eigenvalue weighted by Gasteiger charge is -2.15. The minimum absolute atomic E-state index is 0.0425. The van der Waals surface area contributed by atoms with E-state index in [1.54, 1.807) is 12.1 Å². The van der Waals surface area contributed by atoms with E-state index < -0.39 is 0 Å². The summed E-state index contributed by atoms with van der Waals surface area (Å²) in [5.74, 6) is 0. The van der Waals surface area contributed by atoms with Gasteiger partial charge in [0.25, 0.3) is 0 Å². The lowest BCUT2D eigenvalue weighted by Crippen LogP contribution is -2.05. The molecule has 114 valence electrons. The Morgan fingerprint density at radius 2 is 1.17 bits per heavy atom. The molecule has 0 aliphatic carbocycles. The minimum atomic E-state index is 0.0425. The van der Waals surface area contributed by atoms with E-state index in [1.165, 1.54) is 0 Å². The first-order chi connectivity index (χ1) is 11.7. The van der Waals surface area contributed by atoms with Gasteiger partial charge in [0.15, 0.2) is 10.9 Å². The van der Waals surface area contributed by atoms with Gasteiger partial charge in [0, 0.05) is 21.5 Å². The molecule has 2 nitrogen and oxygen atoms in total. The molecule has 0 unspecified atom stereocenters. The molecule has 0 aliphatic rings. The number of benzene rings is 5. The summed E-state index contributed by atoms with van der Waals surface area (Å²) in [5.41, 5.74) is 1.20. The molecule has 0 atom stereocenters. The topological polar surface area (TPSA) is 34.1 Å². The van der Waals surface area contributed by atoms with Gasteiger partial charge in [0.2, 0.25) is 0 Å². The Morgan fingerprint density at radius 3 is 1.92 bits per heavy atom. The number of hydrogen-bond acceptors (Lipinski definition) is 2. The summed E-state index contributed by atoms with van der Waals surface area (Å²) in [6.45, 7) is 2.07. The zero-order valence-electron chi connectivity index (χ0n) is 13.2. The number of fused-ring (bicyclic) bond motifs is 2. The largest absolute Gasteiger partial charge is 0.289 e. The first-order valence-corrected chi connectivity index (χ1v) is 8.19.